The normalized spacial score (nSPS) is 13.8. The molecule has 0 atom stereocenters. The molecule has 0 saturated heterocycles. The third-order valence-corrected chi connectivity index (χ3v) is 2.15. The number of rotatable bonds is 3. The van der Waals surface area contributed by atoms with Gasteiger partial charge in [-0.25, -0.2) is 23.8 Å². The Morgan fingerprint density at radius 2 is 1.94 bits per heavy atom. The summed E-state index contributed by atoms with van der Waals surface area (Å²) in [6, 6.07) is 0. The van der Waals surface area contributed by atoms with Gasteiger partial charge in [0.2, 0.25) is 0 Å². The second kappa shape index (κ2) is 16.4. The van der Waals surface area contributed by atoms with Crippen molar-refractivity contribution in [1.82, 2.24) is 0 Å². The predicted molar refractivity (Wildman–Crippen MR) is 76.1 cm³/mol. The summed E-state index contributed by atoms with van der Waals surface area (Å²) in [7, 11) is 0. The minimum Gasteiger partial charge on any atom is -0.273 e. The van der Waals surface area contributed by atoms with Crippen LogP contribution in [0, 0.1) is 12.2 Å². The maximum Gasteiger partial charge on any atom is 0 e. The van der Waals surface area contributed by atoms with Gasteiger partial charge in [-0.1, -0.05) is 26.2 Å². The van der Waals surface area contributed by atoms with Crippen molar-refractivity contribution in [2.45, 2.75) is 39.0 Å². The molecule has 0 aromatic heterocycles. The van der Waals surface area contributed by atoms with Crippen LogP contribution in [0.5, 0.6) is 0 Å². The summed E-state index contributed by atoms with van der Waals surface area (Å²) in [4.78, 5) is 0. The first-order chi connectivity index (χ1) is 6.93. The van der Waals surface area contributed by atoms with E-state index in [0.29, 0.717) is 0 Å². The van der Waals surface area contributed by atoms with Gasteiger partial charge in [0.25, 0.3) is 0 Å². The quantitative estimate of drug-likeness (QED) is 0.430. The maximum atomic E-state index is 3.30. The molecular formula is C14H20Cl2Hf-2. The van der Waals surface area contributed by atoms with Gasteiger partial charge in [-0.05, 0) is 0 Å². The second-order valence-electron chi connectivity index (χ2n) is 3.42. The van der Waals surface area contributed by atoms with Gasteiger partial charge in [-0.3, -0.25) is 12.2 Å². The number of hydrogen-bond acceptors (Lipinski definition) is 0. The molecule has 2 aliphatic carbocycles. The zero-order chi connectivity index (χ0) is 10.1. The molecule has 0 saturated carbocycles. The predicted octanol–water partition coefficient (Wildman–Crippen LogP) is 5.01. The van der Waals surface area contributed by atoms with E-state index in [1.54, 1.807) is 0 Å². The summed E-state index contributed by atoms with van der Waals surface area (Å²) in [5, 5.41) is 0. The molecule has 0 fully saturated rings. The first-order valence-electron chi connectivity index (χ1n) is 5.41. The Kier molecular flexibility index (Phi) is 21.8. The van der Waals surface area contributed by atoms with Crippen molar-refractivity contribution >= 4 is 24.8 Å². The molecule has 0 heterocycles. The summed E-state index contributed by atoms with van der Waals surface area (Å²) in [6.45, 7) is 2.22. The average Bonchev–Trinajstić information content (AvgIpc) is 2.90. The molecule has 0 aliphatic heterocycles. The molecule has 96 valence electrons. The van der Waals surface area contributed by atoms with Crippen LogP contribution < -0.4 is 0 Å². The molecule has 0 aromatic rings. The number of hydrogen-bond donors (Lipinski definition) is 0. The van der Waals surface area contributed by atoms with Crippen LogP contribution in [0.3, 0.4) is 0 Å². The summed E-state index contributed by atoms with van der Waals surface area (Å²) in [5.74, 6) is 0. The zero-order valence-electron chi connectivity index (χ0n) is 10.2. The molecule has 0 bridgehead atoms. The largest absolute Gasteiger partial charge is 0.273 e. The number of allylic oxidation sites excluding steroid dienone is 8. The first-order valence-corrected chi connectivity index (χ1v) is 5.41. The second-order valence-corrected chi connectivity index (χ2v) is 3.42. The van der Waals surface area contributed by atoms with Crippen molar-refractivity contribution in [2.75, 3.05) is 0 Å². The summed E-state index contributed by atoms with van der Waals surface area (Å²) in [5.41, 5.74) is 1.41. The molecule has 2 rings (SSSR count). The van der Waals surface area contributed by atoms with Crippen LogP contribution in [-0.4, -0.2) is 0 Å². The minimum atomic E-state index is 0. The summed E-state index contributed by atoms with van der Waals surface area (Å²) >= 11 is 0. The van der Waals surface area contributed by atoms with E-state index in [1.165, 1.54) is 24.8 Å². The average molecular weight is 438 g/mol. The number of unbranched alkanes of at least 4 members (excludes halogenated alkanes) is 1. The van der Waals surface area contributed by atoms with Crippen molar-refractivity contribution in [2.24, 2.45) is 0 Å². The molecule has 0 nitrogen and oxygen atoms in total. The van der Waals surface area contributed by atoms with Gasteiger partial charge in [-0.2, -0.15) is 12.2 Å². The number of halogens is 2. The molecule has 0 N–H and O–H groups in total. The van der Waals surface area contributed by atoms with E-state index >= 15 is 0 Å². The molecule has 0 unspecified atom stereocenters. The van der Waals surface area contributed by atoms with Crippen molar-refractivity contribution < 1.29 is 25.8 Å². The van der Waals surface area contributed by atoms with Gasteiger partial charge in [0.05, 0.1) is 0 Å². The monoisotopic (exact) mass is 438 g/mol. The maximum absolute atomic E-state index is 3.30. The van der Waals surface area contributed by atoms with Gasteiger partial charge in [0.15, 0.2) is 0 Å². The fourth-order valence-corrected chi connectivity index (χ4v) is 1.33. The van der Waals surface area contributed by atoms with E-state index in [-0.39, 0.29) is 50.7 Å². The third-order valence-electron chi connectivity index (χ3n) is 2.15. The van der Waals surface area contributed by atoms with Gasteiger partial charge in [0.1, 0.15) is 0 Å². The van der Waals surface area contributed by atoms with E-state index in [9.17, 15) is 0 Å². The van der Waals surface area contributed by atoms with Crippen LogP contribution in [0.25, 0.3) is 0 Å². The van der Waals surface area contributed by atoms with Crippen molar-refractivity contribution in [3.63, 3.8) is 0 Å². The van der Waals surface area contributed by atoms with E-state index < -0.39 is 0 Å². The topological polar surface area (TPSA) is 0 Å². The van der Waals surface area contributed by atoms with Gasteiger partial charge in [-0.15, -0.1) is 37.7 Å². The molecule has 0 radical (unpaired) electrons. The Morgan fingerprint density at radius 1 is 1.18 bits per heavy atom. The van der Waals surface area contributed by atoms with Crippen LogP contribution in [0.15, 0.2) is 36.0 Å². The van der Waals surface area contributed by atoms with Crippen LogP contribution in [0.4, 0.5) is 0 Å². The fourth-order valence-electron chi connectivity index (χ4n) is 1.33. The molecule has 0 amide bonds. The Morgan fingerprint density at radius 3 is 2.29 bits per heavy atom. The standard InChI is InChI=1S/C9H13.C5H5.2ClH.Hf/c1-2-3-6-9-7-4-5-8-9;1-2-4-5-3-1;;;/h4,7H,2-3,5-6H2,1H3;1-3H,4H2;2*1H;/q2*-1;;;. The smallest absolute Gasteiger partial charge is 0 e. The minimum absolute atomic E-state index is 0. The molecule has 2 aliphatic rings. The zero-order valence-corrected chi connectivity index (χ0v) is 15.5. The van der Waals surface area contributed by atoms with Gasteiger partial charge >= 0.3 is 0 Å². The van der Waals surface area contributed by atoms with E-state index in [0.717, 1.165) is 12.8 Å². The fraction of sp³-hybridized carbons (Fsp3) is 0.429. The summed E-state index contributed by atoms with van der Waals surface area (Å²) < 4.78 is 0. The van der Waals surface area contributed by atoms with Crippen molar-refractivity contribution in [1.29, 1.82) is 0 Å². The van der Waals surface area contributed by atoms with Gasteiger partial charge < -0.3 is 0 Å². The van der Waals surface area contributed by atoms with Crippen LogP contribution >= 0.6 is 24.8 Å². The van der Waals surface area contributed by atoms with Crippen molar-refractivity contribution in [3.8, 4) is 0 Å². The van der Waals surface area contributed by atoms with Crippen LogP contribution in [0.1, 0.15) is 39.0 Å². The van der Waals surface area contributed by atoms with Crippen LogP contribution in [-0.2, 0) is 25.8 Å². The molecule has 0 aromatic carbocycles. The van der Waals surface area contributed by atoms with Gasteiger partial charge in [0, 0.05) is 25.8 Å². The first kappa shape index (κ1) is 22.6. The van der Waals surface area contributed by atoms with E-state index in [2.05, 4.69) is 37.3 Å². The third kappa shape index (κ3) is 12.7. The van der Waals surface area contributed by atoms with Crippen LogP contribution in [0.2, 0.25) is 0 Å². The Balaban J connectivity index is -0.000000216. The molecular weight excluding hydrogens is 418 g/mol. The molecule has 0 spiro atoms. The molecule has 3 heteroatoms. The van der Waals surface area contributed by atoms with Crippen molar-refractivity contribution in [3.05, 3.63) is 48.1 Å². The summed E-state index contributed by atoms with van der Waals surface area (Å²) in [6.07, 6.45) is 22.5. The Hall–Kier alpha value is 0.410. The Bertz CT molecular complexity index is 255. The Labute approximate surface area is 137 Å². The molecule has 17 heavy (non-hydrogen) atoms. The SMILES string of the molecule is CCCCC1=[C-]CC=C1.Cl.Cl.[C-]1=CC=CC1.[Hf]. The van der Waals surface area contributed by atoms with E-state index in [1.807, 2.05) is 12.2 Å². The van der Waals surface area contributed by atoms with E-state index in [4.69, 9.17) is 0 Å².